The Labute approximate surface area is 80.6 Å². The van der Waals surface area contributed by atoms with Gasteiger partial charge in [-0.25, -0.2) is 9.78 Å². The predicted molar refractivity (Wildman–Crippen MR) is 47.7 cm³/mol. The lowest BCUT2D eigenvalue weighted by Gasteiger charge is -2.08. The van der Waals surface area contributed by atoms with Gasteiger partial charge in [-0.2, -0.15) is 4.39 Å². The lowest BCUT2D eigenvalue weighted by molar-refractivity contribution is 0.0696. The Morgan fingerprint density at radius 1 is 1.57 bits per heavy atom. The molecule has 0 aromatic carbocycles. The average molecular weight is 195 g/mol. The maximum Gasteiger partial charge on any atom is 0.335 e. The predicted octanol–water partition coefficient (Wildman–Crippen LogP) is 1.97. The molecule has 0 unspecified atom stereocenters. The molecular weight excluding hydrogens is 185 g/mol. The summed E-state index contributed by atoms with van der Waals surface area (Å²) in [7, 11) is 0. The van der Waals surface area contributed by atoms with Crippen molar-refractivity contribution < 1.29 is 14.3 Å². The molecule has 1 aliphatic rings. The molecule has 0 radical (unpaired) electrons. The number of carboxylic acid groups (broad SMARTS) is 1. The van der Waals surface area contributed by atoms with E-state index in [9.17, 15) is 9.18 Å². The molecule has 0 saturated heterocycles. The molecule has 0 amide bonds. The first kappa shape index (κ1) is 9.12. The van der Waals surface area contributed by atoms with Crippen LogP contribution in [0.4, 0.5) is 4.39 Å². The molecule has 1 fully saturated rings. The number of rotatable bonds is 2. The van der Waals surface area contributed by atoms with Gasteiger partial charge in [0.1, 0.15) is 0 Å². The lowest BCUT2D eigenvalue weighted by atomic mass is 10.0. The Balaban J connectivity index is 2.47. The van der Waals surface area contributed by atoms with Crippen LogP contribution in [0.5, 0.6) is 0 Å². The molecule has 3 nitrogen and oxygen atoms in total. The average Bonchev–Trinajstić information content (AvgIpc) is 2.84. The fraction of sp³-hybridized carbons (Fsp3) is 0.400. The zero-order valence-electron chi connectivity index (χ0n) is 7.75. The van der Waals surface area contributed by atoms with Crippen molar-refractivity contribution in [3.05, 3.63) is 29.3 Å². The molecule has 74 valence electrons. The van der Waals surface area contributed by atoms with E-state index in [1.54, 1.807) is 0 Å². The molecule has 1 aromatic heterocycles. The molecule has 1 aliphatic carbocycles. The van der Waals surface area contributed by atoms with Crippen molar-refractivity contribution in [3.8, 4) is 0 Å². The molecule has 4 heteroatoms. The van der Waals surface area contributed by atoms with Crippen molar-refractivity contribution >= 4 is 5.97 Å². The van der Waals surface area contributed by atoms with E-state index in [0.717, 1.165) is 18.9 Å². The molecule has 14 heavy (non-hydrogen) atoms. The van der Waals surface area contributed by atoms with Gasteiger partial charge < -0.3 is 5.11 Å². The number of hydrogen-bond donors (Lipinski definition) is 1. The van der Waals surface area contributed by atoms with Crippen LogP contribution in [0.1, 0.15) is 35.8 Å². The topological polar surface area (TPSA) is 50.2 Å². The van der Waals surface area contributed by atoms with Gasteiger partial charge >= 0.3 is 5.97 Å². The second kappa shape index (κ2) is 2.77. The summed E-state index contributed by atoms with van der Waals surface area (Å²) in [6.45, 7) is 1.96. The number of aromatic nitrogens is 1. The van der Waals surface area contributed by atoms with E-state index in [4.69, 9.17) is 5.11 Å². The first-order valence-corrected chi connectivity index (χ1v) is 4.43. The van der Waals surface area contributed by atoms with Crippen LogP contribution in [0.15, 0.2) is 12.1 Å². The number of carboxylic acids is 1. The first-order valence-electron chi connectivity index (χ1n) is 4.43. The van der Waals surface area contributed by atoms with Crippen LogP contribution in [0.25, 0.3) is 0 Å². The van der Waals surface area contributed by atoms with Gasteiger partial charge in [-0.05, 0) is 18.9 Å². The zero-order chi connectivity index (χ0) is 10.3. The highest BCUT2D eigenvalue weighted by Gasteiger charge is 2.41. The molecule has 0 aliphatic heterocycles. The normalized spacial score (nSPS) is 17.9. The molecule has 0 atom stereocenters. The third-order valence-corrected chi connectivity index (χ3v) is 2.66. The maximum absolute atomic E-state index is 13.0. The highest BCUT2D eigenvalue weighted by atomic mass is 19.1. The minimum absolute atomic E-state index is 0.0272. The first-order chi connectivity index (χ1) is 6.51. The Hall–Kier alpha value is -1.45. The number of nitrogens with zero attached hydrogens (tertiary/aromatic N) is 1. The van der Waals surface area contributed by atoms with Gasteiger partial charge in [-0.1, -0.05) is 6.92 Å². The van der Waals surface area contributed by atoms with Crippen LogP contribution >= 0.6 is 0 Å². The van der Waals surface area contributed by atoms with E-state index < -0.39 is 11.9 Å². The van der Waals surface area contributed by atoms with Crippen molar-refractivity contribution in [1.29, 1.82) is 0 Å². The van der Waals surface area contributed by atoms with Crippen LogP contribution in [-0.2, 0) is 5.41 Å². The van der Waals surface area contributed by atoms with Crippen LogP contribution in [0.3, 0.4) is 0 Å². The quantitative estimate of drug-likeness (QED) is 0.734. The minimum atomic E-state index is -1.11. The summed E-state index contributed by atoms with van der Waals surface area (Å²) in [5, 5.41) is 8.73. The van der Waals surface area contributed by atoms with E-state index in [1.165, 1.54) is 6.07 Å². The fourth-order valence-corrected chi connectivity index (χ4v) is 1.37. The second-order valence-electron chi connectivity index (χ2n) is 3.93. The molecule has 1 N–H and O–H groups in total. The van der Waals surface area contributed by atoms with Crippen LogP contribution in [0, 0.1) is 5.95 Å². The largest absolute Gasteiger partial charge is 0.478 e. The van der Waals surface area contributed by atoms with Gasteiger partial charge in [0.15, 0.2) is 0 Å². The summed E-state index contributed by atoms with van der Waals surface area (Å²) in [5.74, 6) is -1.83. The zero-order valence-corrected chi connectivity index (χ0v) is 7.75. The number of hydrogen-bond acceptors (Lipinski definition) is 2. The van der Waals surface area contributed by atoms with Crippen molar-refractivity contribution in [3.63, 3.8) is 0 Å². The molecule has 1 saturated carbocycles. The molecule has 2 rings (SSSR count). The summed E-state index contributed by atoms with van der Waals surface area (Å²) < 4.78 is 13.0. The van der Waals surface area contributed by atoms with Gasteiger partial charge in [0.2, 0.25) is 5.95 Å². The Morgan fingerprint density at radius 3 is 2.71 bits per heavy atom. The van der Waals surface area contributed by atoms with Gasteiger partial charge in [-0.3, -0.25) is 0 Å². The standard InChI is InChI=1S/C10H10FNO2/c1-10(2-3-10)7-4-6(9(13)14)5-8(11)12-7/h4-5H,2-3H2,1H3,(H,13,14). The third-order valence-electron chi connectivity index (χ3n) is 2.66. The molecular formula is C10H10FNO2. The van der Waals surface area contributed by atoms with Crippen LogP contribution in [0.2, 0.25) is 0 Å². The smallest absolute Gasteiger partial charge is 0.335 e. The van der Waals surface area contributed by atoms with E-state index in [-0.39, 0.29) is 11.0 Å². The number of aromatic carboxylic acids is 1. The SMILES string of the molecule is CC1(c2cc(C(=O)O)cc(F)n2)CC1. The van der Waals surface area contributed by atoms with E-state index in [2.05, 4.69) is 4.98 Å². The van der Waals surface area contributed by atoms with E-state index in [1.807, 2.05) is 6.92 Å². The van der Waals surface area contributed by atoms with Crippen molar-refractivity contribution in [1.82, 2.24) is 4.98 Å². The summed E-state index contributed by atoms with van der Waals surface area (Å²) in [6, 6.07) is 2.40. The molecule has 0 spiro atoms. The third kappa shape index (κ3) is 1.47. The van der Waals surface area contributed by atoms with Crippen molar-refractivity contribution in [2.24, 2.45) is 0 Å². The van der Waals surface area contributed by atoms with Gasteiger partial charge in [0.25, 0.3) is 0 Å². The highest BCUT2D eigenvalue weighted by molar-refractivity contribution is 5.87. The Kier molecular flexibility index (Phi) is 1.80. The molecule has 0 bridgehead atoms. The Morgan fingerprint density at radius 2 is 2.21 bits per heavy atom. The van der Waals surface area contributed by atoms with Crippen LogP contribution < -0.4 is 0 Å². The number of pyridine rings is 1. The number of carbonyl (C=O) groups is 1. The van der Waals surface area contributed by atoms with E-state index in [0.29, 0.717) is 5.69 Å². The second-order valence-corrected chi connectivity index (χ2v) is 3.93. The highest BCUT2D eigenvalue weighted by Crippen LogP contribution is 2.46. The number of halogens is 1. The van der Waals surface area contributed by atoms with Crippen molar-refractivity contribution in [2.75, 3.05) is 0 Å². The summed E-state index contributed by atoms with van der Waals surface area (Å²) in [4.78, 5) is 14.4. The van der Waals surface area contributed by atoms with Gasteiger partial charge in [-0.15, -0.1) is 0 Å². The summed E-state index contributed by atoms with van der Waals surface area (Å²) in [6.07, 6.45) is 1.89. The van der Waals surface area contributed by atoms with Crippen molar-refractivity contribution in [2.45, 2.75) is 25.2 Å². The van der Waals surface area contributed by atoms with Gasteiger partial charge in [0.05, 0.1) is 11.3 Å². The lowest BCUT2D eigenvalue weighted by Crippen LogP contribution is -2.08. The fourth-order valence-electron chi connectivity index (χ4n) is 1.37. The van der Waals surface area contributed by atoms with Crippen LogP contribution in [-0.4, -0.2) is 16.1 Å². The minimum Gasteiger partial charge on any atom is -0.478 e. The summed E-state index contributed by atoms with van der Waals surface area (Å²) in [5.41, 5.74) is 0.419. The summed E-state index contributed by atoms with van der Waals surface area (Å²) >= 11 is 0. The van der Waals surface area contributed by atoms with E-state index >= 15 is 0 Å². The Bertz CT molecular complexity index is 399. The monoisotopic (exact) mass is 195 g/mol. The van der Waals surface area contributed by atoms with Gasteiger partial charge in [0, 0.05) is 11.5 Å². The maximum atomic E-state index is 13.0. The molecule has 1 aromatic rings. The molecule has 1 heterocycles.